The van der Waals surface area contributed by atoms with Crippen LogP contribution in [-0.2, 0) is 4.79 Å². The number of benzene rings is 2. The van der Waals surface area contributed by atoms with Gasteiger partial charge in [0.05, 0.1) is 6.20 Å². The summed E-state index contributed by atoms with van der Waals surface area (Å²) in [5, 5.41) is 17.0. The van der Waals surface area contributed by atoms with Gasteiger partial charge in [-0.25, -0.2) is 0 Å². The molecule has 0 spiro atoms. The standard InChI is InChI=1S/C18H18N6O/c1-12-6-3-4-9-16(12)22-17-11-19-24-18(23-17)21-15-8-5-7-14(10-15)20-13(2)25/h3-11H,1-2H3,(H,20,25)(H2,21,22,23,24). The predicted octanol–water partition coefficient (Wildman–Crippen LogP) is 3.63. The van der Waals surface area contributed by atoms with Crippen LogP contribution >= 0.6 is 0 Å². The number of anilines is 5. The largest absolute Gasteiger partial charge is 0.339 e. The molecular formula is C18H18N6O. The molecule has 0 aliphatic heterocycles. The summed E-state index contributed by atoms with van der Waals surface area (Å²) in [6.45, 7) is 3.48. The highest BCUT2D eigenvalue weighted by molar-refractivity contribution is 5.89. The highest BCUT2D eigenvalue weighted by Crippen LogP contribution is 2.21. The van der Waals surface area contributed by atoms with Gasteiger partial charge in [-0.2, -0.15) is 10.1 Å². The first-order chi connectivity index (χ1) is 12.1. The molecule has 0 saturated heterocycles. The molecule has 126 valence electrons. The molecule has 0 fully saturated rings. The first-order valence-electron chi connectivity index (χ1n) is 7.77. The average molecular weight is 334 g/mol. The number of hydrogen-bond acceptors (Lipinski definition) is 6. The molecule has 0 aliphatic carbocycles. The van der Waals surface area contributed by atoms with Crippen LogP contribution in [0.3, 0.4) is 0 Å². The highest BCUT2D eigenvalue weighted by Gasteiger charge is 2.04. The lowest BCUT2D eigenvalue weighted by molar-refractivity contribution is -0.114. The fourth-order valence-electron chi connectivity index (χ4n) is 2.27. The summed E-state index contributed by atoms with van der Waals surface area (Å²) < 4.78 is 0. The van der Waals surface area contributed by atoms with Crippen molar-refractivity contribution >= 4 is 34.7 Å². The number of para-hydroxylation sites is 1. The minimum atomic E-state index is -0.125. The Balaban J connectivity index is 1.76. The van der Waals surface area contributed by atoms with Crippen LogP contribution < -0.4 is 16.0 Å². The SMILES string of the molecule is CC(=O)Nc1cccc(Nc2nncc(Nc3ccccc3C)n2)c1. The lowest BCUT2D eigenvalue weighted by atomic mass is 10.2. The van der Waals surface area contributed by atoms with Crippen molar-refractivity contribution in [3.63, 3.8) is 0 Å². The van der Waals surface area contributed by atoms with Crippen LogP contribution in [0, 0.1) is 6.92 Å². The van der Waals surface area contributed by atoms with E-state index in [1.165, 1.54) is 6.92 Å². The second-order valence-electron chi connectivity index (χ2n) is 5.49. The number of nitrogens with zero attached hydrogens (tertiary/aromatic N) is 3. The lowest BCUT2D eigenvalue weighted by Gasteiger charge is -2.10. The highest BCUT2D eigenvalue weighted by atomic mass is 16.1. The lowest BCUT2D eigenvalue weighted by Crippen LogP contribution is -2.06. The van der Waals surface area contributed by atoms with E-state index in [0.717, 1.165) is 16.9 Å². The van der Waals surface area contributed by atoms with E-state index in [1.54, 1.807) is 12.3 Å². The maximum Gasteiger partial charge on any atom is 0.249 e. The number of rotatable bonds is 5. The minimum Gasteiger partial charge on any atom is -0.339 e. The second kappa shape index (κ2) is 7.39. The van der Waals surface area contributed by atoms with Crippen molar-refractivity contribution in [1.29, 1.82) is 0 Å². The van der Waals surface area contributed by atoms with Crippen molar-refractivity contribution in [1.82, 2.24) is 15.2 Å². The van der Waals surface area contributed by atoms with Crippen LogP contribution in [0.25, 0.3) is 0 Å². The Morgan fingerprint density at radius 3 is 2.60 bits per heavy atom. The molecule has 0 saturated carbocycles. The number of aromatic nitrogens is 3. The Labute approximate surface area is 145 Å². The normalized spacial score (nSPS) is 10.2. The number of nitrogens with one attached hydrogen (secondary N) is 3. The number of amides is 1. The smallest absolute Gasteiger partial charge is 0.249 e. The van der Waals surface area contributed by atoms with E-state index in [0.29, 0.717) is 17.5 Å². The molecule has 3 N–H and O–H groups in total. The van der Waals surface area contributed by atoms with Gasteiger partial charge in [-0.15, -0.1) is 5.10 Å². The van der Waals surface area contributed by atoms with Crippen molar-refractivity contribution in [2.24, 2.45) is 0 Å². The summed E-state index contributed by atoms with van der Waals surface area (Å²) in [7, 11) is 0. The molecule has 7 nitrogen and oxygen atoms in total. The van der Waals surface area contributed by atoms with Crippen LogP contribution in [0.5, 0.6) is 0 Å². The van der Waals surface area contributed by atoms with E-state index in [1.807, 2.05) is 49.4 Å². The van der Waals surface area contributed by atoms with Gasteiger partial charge in [0.2, 0.25) is 11.9 Å². The van der Waals surface area contributed by atoms with Gasteiger partial charge < -0.3 is 16.0 Å². The Kier molecular flexibility index (Phi) is 4.84. The maximum atomic E-state index is 11.2. The van der Waals surface area contributed by atoms with Crippen molar-refractivity contribution in [3.8, 4) is 0 Å². The van der Waals surface area contributed by atoms with Gasteiger partial charge in [-0.1, -0.05) is 24.3 Å². The number of aryl methyl sites for hydroxylation is 1. The quantitative estimate of drug-likeness (QED) is 0.660. The van der Waals surface area contributed by atoms with Crippen LogP contribution in [-0.4, -0.2) is 21.1 Å². The summed E-state index contributed by atoms with van der Waals surface area (Å²) in [6.07, 6.45) is 1.56. The molecule has 0 bridgehead atoms. The van der Waals surface area contributed by atoms with Crippen LogP contribution in [0.15, 0.2) is 54.7 Å². The Morgan fingerprint density at radius 1 is 1.00 bits per heavy atom. The molecule has 1 amide bonds. The van der Waals surface area contributed by atoms with Gasteiger partial charge >= 0.3 is 0 Å². The Bertz CT molecular complexity index is 896. The third-order valence-corrected chi connectivity index (χ3v) is 3.41. The minimum absolute atomic E-state index is 0.125. The molecule has 0 unspecified atom stereocenters. The van der Waals surface area contributed by atoms with E-state index in [4.69, 9.17) is 0 Å². The van der Waals surface area contributed by atoms with Gasteiger partial charge in [0.1, 0.15) is 0 Å². The van der Waals surface area contributed by atoms with E-state index in [9.17, 15) is 4.79 Å². The van der Waals surface area contributed by atoms with Gasteiger partial charge in [-0.3, -0.25) is 4.79 Å². The Hall–Kier alpha value is -3.48. The van der Waals surface area contributed by atoms with Crippen LogP contribution in [0.1, 0.15) is 12.5 Å². The molecule has 1 aromatic heterocycles. The van der Waals surface area contributed by atoms with Crippen molar-refractivity contribution in [2.45, 2.75) is 13.8 Å². The zero-order valence-corrected chi connectivity index (χ0v) is 13.9. The van der Waals surface area contributed by atoms with E-state index in [-0.39, 0.29) is 5.91 Å². The molecule has 2 aromatic carbocycles. The topological polar surface area (TPSA) is 91.8 Å². The predicted molar refractivity (Wildman–Crippen MR) is 98.3 cm³/mol. The molecule has 3 rings (SSSR count). The van der Waals surface area contributed by atoms with Gasteiger partial charge in [0.15, 0.2) is 5.82 Å². The van der Waals surface area contributed by atoms with Crippen molar-refractivity contribution in [3.05, 3.63) is 60.3 Å². The third kappa shape index (κ3) is 4.51. The Morgan fingerprint density at radius 2 is 1.80 bits per heavy atom. The number of carbonyl (C=O) groups is 1. The third-order valence-electron chi connectivity index (χ3n) is 3.41. The van der Waals surface area contributed by atoms with Crippen molar-refractivity contribution in [2.75, 3.05) is 16.0 Å². The molecule has 1 heterocycles. The monoisotopic (exact) mass is 334 g/mol. The second-order valence-corrected chi connectivity index (χ2v) is 5.49. The fraction of sp³-hybridized carbons (Fsp3) is 0.111. The molecule has 7 heteroatoms. The zero-order valence-electron chi connectivity index (χ0n) is 13.9. The molecule has 3 aromatic rings. The van der Waals surface area contributed by atoms with Crippen LogP contribution in [0.2, 0.25) is 0 Å². The average Bonchev–Trinajstić information content (AvgIpc) is 2.57. The summed E-state index contributed by atoms with van der Waals surface area (Å²) >= 11 is 0. The zero-order chi connectivity index (χ0) is 17.6. The summed E-state index contributed by atoms with van der Waals surface area (Å²) in [4.78, 5) is 15.6. The molecule has 25 heavy (non-hydrogen) atoms. The number of hydrogen-bond donors (Lipinski definition) is 3. The van der Waals surface area contributed by atoms with E-state index >= 15 is 0 Å². The summed E-state index contributed by atoms with van der Waals surface area (Å²) in [6, 6.07) is 15.2. The van der Waals surface area contributed by atoms with Crippen LogP contribution in [0.4, 0.5) is 28.8 Å². The maximum absolute atomic E-state index is 11.2. The summed E-state index contributed by atoms with van der Waals surface area (Å²) in [5.74, 6) is 0.822. The molecule has 0 atom stereocenters. The fourth-order valence-corrected chi connectivity index (χ4v) is 2.27. The van der Waals surface area contributed by atoms with E-state index in [2.05, 4.69) is 31.1 Å². The first kappa shape index (κ1) is 16.4. The molecule has 0 radical (unpaired) electrons. The van der Waals surface area contributed by atoms with Gasteiger partial charge in [0.25, 0.3) is 0 Å². The van der Waals surface area contributed by atoms with Crippen molar-refractivity contribution < 1.29 is 4.79 Å². The summed E-state index contributed by atoms with van der Waals surface area (Å²) in [5.41, 5.74) is 3.51. The first-order valence-corrected chi connectivity index (χ1v) is 7.77. The van der Waals surface area contributed by atoms with E-state index < -0.39 is 0 Å². The molecular weight excluding hydrogens is 316 g/mol. The van der Waals surface area contributed by atoms with Gasteiger partial charge in [0, 0.05) is 24.0 Å². The molecule has 0 aliphatic rings. The van der Waals surface area contributed by atoms with Gasteiger partial charge in [-0.05, 0) is 36.8 Å². The number of carbonyl (C=O) groups excluding carboxylic acids is 1.